The molecular formula is C12H15BrO3. The number of rotatable bonds is 4. The predicted octanol–water partition coefficient (Wildman–Crippen LogP) is 2.61. The van der Waals surface area contributed by atoms with Gasteiger partial charge in [0, 0.05) is 5.33 Å². The van der Waals surface area contributed by atoms with Gasteiger partial charge in [-0.15, -0.1) is 0 Å². The van der Waals surface area contributed by atoms with Crippen molar-refractivity contribution >= 4 is 21.9 Å². The molecule has 0 aromatic heterocycles. The van der Waals surface area contributed by atoms with Crippen LogP contribution in [0.15, 0.2) is 12.1 Å². The minimum absolute atomic E-state index is 0.239. The van der Waals surface area contributed by atoms with E-state index in [0.29, 0.717) is 0 Å². The molecule has 0 bridgehead atoms. The Balaban J connectivity index is 3.10. The topological polar surface area (TPSA) is 35.5 Å². The molecule has 0 N–H and O–H groups in total. The van der Waals surface area contributed by atoms with Crippen molar-refractivity contribution in [2.45, 2.75) is 18.7 Å². The first-order valence-corrected chi connectivity index (χ1v) is 6.03. The van der Waals surface area contributed by atoms with Crippen molar-refractivity contribution in [1.82, 2.24) is 0 Å². The molecule has 4 heteroatoms. The Labute approximate surface area is 104 Å². The lowest BCUT2D eigenvalue weighted by Crippen LogP contribution is -2.07. The van der Waals surface area contributed by atoms with Gasteiger partial charge in [-0.1, -0.05) is 15.9 Å². The van der Waals surface area contributed by atoms with Crippen LogP contribution in [0.4, 0.5) is 0 Å². The van der Waals surface area contributed by atoms with Crippen LogP contribution in [0.5, 0.6) is 5.75 Å². The van der Waals surface area contributed by atoms with Crippen LogP contribution in [-0.4, -0.2) is 20.2 Å². The average molecular weight is 287 g/mol. The summed E-state index contributed by atoms with van der Waals surface area (Å²) in [4.78, 5) is 11.3. The molecule has 16 heavy (non-hydrogen) atoms. The molecule has 0 fully saturated rings. The largest absolute Gasteiger partial charge is 0.497 e. The molecule has 0 aliphatic rings. The minimum atomic E-state index is -0.239. The summed E-state index contributed by atoms with van der Waals surface area (Å²) in [6.07, 6.45) is 0.277. The SMILES string of the molecule is COC(=O)Cc1cc(OC)cc(CBr)c1C. The van der Waals surface area contributed by atoms with Crippen LogP contribution in [0.1, 0.15) is 16.7 Å². The fourth-order valence-corrected chi connectivity index (χ4v) is 2.06. The molecule has 0 spiro atoms. The van der Waals surface area contributed by atoms with Gasteiger partial charge in [-0.2, -0.15) is 0 Å². The molecule has 0 saturated carbocycles. The van der Waals surface area contributed by atoms with Crippen LogP contribution in [-0.2, 0) is 21.3 Å². The summed E-state index contributed by atoms with van der Waals surface area (Å²) in [6.45, 7) is 1.99. The lowest BCUT2D eigenvalue weighted by Gasteiger charge is -2.11. The second kappa shape index (κ2) is 5.89. The molecular weight excluding hydrogens is 272 g/mol. The van der Waals surface area contributed by atoms with E-state index in [1.165, 1.54) is 7.11 Å². The third-order valence-electron chi connectivity index (χ3n) is 2.54. The number of carbonyl (C=O) groups is 1. The van der Waals surface area contributed by atoms with Gasteiger partial charge in [0.05, 0.1) is 20.6 Å². The highest BCUT2D eigenvalue weighted by Crippen LogP contribution is 2.24. The first kappa shape index (κ1) is 13.0. The third kappa shape index (κ3) is 2.98. The highest BCUT2D eigenvalue weighted by atomic mass is 79.9. The number of alkyl halides is 1. The maximum absolute atomic E-state index is 11.3. The van der Waals surface area contributed by atoms with E-state index >= 15 is 0 Å². The first-order valence-electron chi connectivity index (χ1n) is 4.91. The van der Waals surface area contributed by atoms with Gasteiger partial charge in [0.15, 0.2) is 0 Å². The van der Waals surface area contributed by atoms with Crippen molar-refractivity contribution in [2.75, 3.05) is 14.2 Å². The Morgan fingerprint density at radius 3 is 2.44 bits per heavy atom. The summed E-state index contributed by atoms with van der Waals surface area (Å²) in [6, 6.07) is 3.84. The van der Waals surface area contributed by atoms with Gasteiger partial charge < -0.3 is 9.47 Å². The normalized spacial score (nSPS) is 10.0. The molecule has 1 aromatic rings. The molecule has 0 radical (unpaired) electrons. The highest BCUT2D eigenvalue weighted by molar-refractivity contribution is 9.08. The average Bonchev–Trinajstić information content (AvgIpc) is 2.31. The Morgan fingerprint density at radius 1 is 1.31 bits per heavy atom. The van der Waals surface area contributed by atoms with Gasteiger partial charge in [-0.3, -0.25) is 4.79 Å². The number of carbonyl (C=O) groups excluding carboxylic acids is 1. The van der Waals surface area contributed by atoms with Crippen LogP contribution >= 0.6 is 15.9 Å². The fourth-order valence-electron chi connectivity index (χ4n) is 1.48. The van der Waals surface area contributed by atoms with Crippen molar-refractivity contribution in [3.05, 3.63) is 28.8 Å². The van der Waals surface area contributed by atoms with Crippen LogP contribution in [0.3, 0.4) is 0 Å². The number of halogens is 1. The van der Waals surface area contributed by atoms with E-state index in [2.05, 4.69) is 20.7 Å². The zero-order chi connectivity index (χ0) is 12.1. The molecule has 0 heterocycles. The number of hydrogen-bond donors (Lipinski definition) is 0. The zero-order valence-corrected chi connectivity index (χ0v) is 11.3. The predicted molar refractivity (Wildman–Crippen MR) is 66.1 cm³/mol. The molecule has 0 saturated heterocycles. The Morgan fingerprint density at radius 2 is 1.94 bits per heavy atom. The summed E-state index contributed by atoms with van der Waals surface area (Å²) >= 11 is 3.42. The summed E-state index contributed by atoms with van der Waals surface area (Å²) in [7, 11) is 3.01. The minimum Gasteiger partial charge on any atom is -0.497 e. The van der Waals surface area contributed by atoms with Crippen LogP contribution in [0.25, 0.3) is 0 Å². The number of ether oxygens (including phenoxy) is 2. The Kier molecular flexibility index (Phi) is 4.80. The van der Waals surface area contributed by atoms with E-state index in [1.807, 2.05) is 19.1 Å². The van der Waals surface area contributed by atoms with E-state index in [1.54, 1.807) is 7.11 Å². The Bertz CT molecular complexity index is 388. The van der Waals surface area contributed by atoms with Gasteiger partial charge in [0.2, 0.25) is 0 Å². The molecule has 0 aliphatic heterocycles. The molecule has 0 atom stereocenters. The second-order valence-corrected chi connectivity index (χ2v) is 4.02. The molecule has 0 amide bonds. The third-order valence-corrected chi connectivity index (χ3v) is 3.14. The standard InChI is InChI=1S/C12H15BrO3/c1-8-9(6-12(14)16-3)4-11(15-2)5-10(8)7-13/h4-5H,6-7H2,1-3H3. The molecule has 88 valence electrons. The zero-order valence-electron chi connectivity index (χ0n) is 9.67. The number of esters is 1. The van der Waals surface area contributed by atoms with Crippen LogP contribution in [0, 0.1) is 6.92 Å². The smallest absolute Gasteiger partial charge is 0.309 e. The van der Waals surface area contributed by atoms with Gasteiger partial charge in [-0.05, 0) is 35.7 Å². The highest BCUT2D eigenvalue weighted by Gasteiger charge is 2.10. The maximum atomic E-state index is 11.3. The maximum Gasteiger partial charge on any atom is 0.309 e. The van der Waals surface area contributed by atoms with Crippen LogP contribution in [0.2, 0.25) is 0 Å². The van der Waals surface area contributed by atoms with Crippen molar-refractivity contribution < 1.29 is 14.3 Å². The Hall–Kier alpha value is -1.03. The molecule has 0 unspecified atom stereocenters. The summed E-state index contributed by atoms with van der Waals surface area (Å²) in [5.74, 6) is 0.524. The van der Waals surface area contributed by atoms with Crippen molar-refractivity contribution in [1.29, 1.82) is 0 Å². The quantitative estimate of drug-likeness (QED) is 0.631. The summed E-state index contributed by atoms with van der Waals surface area (Å²) < 4.78 is 9.86. The second-order valence-electron chi connectivity index (χ2n) is 3.46. The van der Waals surface area contributed by atoms with E-state index in [0.717, 1.165) is 27.8 Å². The van der Waals surface area contributed by atoms with Crippen molar-refractivity contribution in [3.63, 3.8) is 0 Å². The van der Waals surface area contributed by atoms with Gasteiger partial charge in [0.1, 0.15) is 5.75 Å². The first-order chi connectivity index (χ1) is 7.62. The molecule has 0 aliphatic carbocycles. The number of methoxy groups -OCH3 is 2. The van der Waals surface area contributed by atoms with E-state index < -0.39 is 0 Å². The van der Waals surface area contributed by atoms with Crippen molar-refractivity contribution in [3.8, 4) is 5.75 Å². The monoisotopic (exact) mass is 286 g/mol. The lowest BCUT2D eigenvalue weighted by atomic mass is 10.0. The molecule has 1 rings (SSSR count). The van der Waals surface area contributed by atoms with Gasteiger partial charge in [-0.25, -0.2) is 0 Å². The van der Waals surface area contributed by atoms with Gasteiger partial charge >= 0.3 is 5.97 Å². The molecule has 3 nitrogen and oxygen atoms in total. The summed E-state index contributed by atoms with van der Waals surface area (Å²) in [5, 5.41) is 0.740. The van der Waals surface area contributed by atoms with Crippen LogP contribution < -0.4 is 4.74 Å². The van der Waals surface area contributed by atoms with E-state index in [-0.39, 0.29) is 12.4 Å². The van der Waals surface area contributed by atoms with E-state index in [9.17, 15) is 4.79 Å². The van der Waals surface area contributed by atoms with E-state index in [4.69, 9.17) is 4.74 Å². The fraction of sp³-hybridized carbons (Fsp3) is 0.417. The van der Waals surface area contributed by atoms with Crippen molar-refractivity contribution in [2.24, 2.45) is 0 Å². The number of hydrogen-bond acceptors (Lipinski definition) is 3. The van der Waals surface area contributed by atoms with Gasteiger partial charge in [0.25, 0.3) is 0 Å². The lowest BCUT2D eigenvalue weighted by molar-refractivity contribution is -0.139. The molecule has 1 aromatic carbocycles. The summed E-state index contributed by atoms with van der Waals surface area (Å²) in [5.41, 5.74) is 3.17. The number of benzene rings is 1.